The number of hydrogen-bond acceptors (Lipinski definition) is 0. The second-order valence-electron chi connectivity index (χ2n) is 3.28. The van der Waals surface area contributed by atoms with Gasteiger partial charge in [0.15, 0.2) is 0 Å². The largest absolute Gasteiger partial charge is 0.0622 e. The van der Waals surface area contributed by atoms with Gasteiger partial charge in [0.05, 0.1) is 0 Å². The van der Waals surface area contributed by atoms with Gasteiger partial charge < -0.3 is 0 Å². The molecule has 0 saturated heterocycles. The zero-order chi connectivity index (χ0) is 9.10. The Morgan fingerprint density at radius 1 is 1.00 bits per heavy atom. The summed E-state index contributed by atoms with van der Waals surface area (Å²) >= 11 is 0. The minimum absolute atomic E-state index is 1.26. The van der Waals surface area contributed by atoms with Crippen LogP contribution in [-0.4, -0.2) is 0 Å². The zero-order valence-corrected chi connectivity index (χ0v) is 7.70. The third-order valence-electron chi connectivity index (χ3n) is 2.07. The molecular weight excluding hydrogens is 156 g/mol. The molecule has 0 N–H and O–H groups in total. The monoisotopic (exact) mass is 168 g/mol. The maximum Gasteiger partial charge on any atom is -0.0248 e. The average molecular weight is 168 g/mol. The Kier molecular flexibility index (Phi) is 2.13. The molecule has 0 heterocycles. The van der Waals surface area contributed by atoms with Crippen molar-refractivity contribution in [2.24, 2.45) is 0 Å². The van der Waals surface area contributed by atoms with E-state index in [0.29, 0.717) is 0 Å². The molecule has 2 rings (SSSR count). The van der Waals surface area contributed by atoms with E-state index in [4.69, 9.17) is 0 Å². The van der Waals surface area contributed by atoms with Gasteiger partial charge in [-0.1, -0.05) is 54.1 Å². The van der Waals surface area contributed by atoms with Crippen LogP contribution in [-0.2, 0) is 0 Å². The molecule has 0 fully saturated rings. The Morgan fingerprint density at radius 2 is 1.77 bits per heavy atom. The Hall–Kier alpha value is -1.56. The summed E-state index contributed by atoms with van der Waals surface area (Å²) in [7, 11) is 0. The molecule has 0 aromatic heterocycles. The van der Waals surface area contributed by atoms with Gasteiger partial charge in [-0.25, -0.2) is 0 Å². The van der Waals surface area contributed by atoms with Crippen LogP contribution in [0, 0.1) is 0 Å². The standard InChI is InChI=1S/C13H12/c1-11-7-8-13(9-11)10-12-5-3-2-4-6-12/h2-10H,1H3. The van der Waals surface area contributed by atoms with E-state index in [1.807, 2.05) is 6.07 Å². The van der Waals surface area contributed by atoms with Crippen LogP contribution in [0.1, 0.15) is 12.5 Å². The molecule has 1 aromatic carbocycles. The summed E-state index contributed by atoms with van der Waals surface area (Å²) in [4.78, 5) is 0. The Morgan fingerprint density at radius 3 is 2.38 bits per heavy atom. The smallest absolute Gasteiger partial charge is 0.0248 e. The minimum Gasteiger partial charge on any atom is -0.0622 e. The quantitative estimate of drug-likeness (QED) is 0.601. The van der Waals surface area contributed by atoms with Crippen molar-refractivity contribution in [3.05, 3.63) is 65.3 Å². The summed E-state index contributed by atoms with van der Waals surface area (Å²) in [6, 6.07) is 10.4. The van der Waals surface area contributed by atoms with Gasteiger partial charge in [-0.05, 0) is 24.1 Å². The molecule has 0 unspecified atom stereocenters. The predicted molar refractivity (Wildman–Crippen MR) is 57.3 cm³/mol. The van der Waals surface area contributed by atoms with Crippen molar-refractivity contribution < 1.29 is 0 Å². The molecular formula is C13H12. The fraction of sp³-hybridized carbons (Fsp3) is 0.0769. The van der Waals surface area contributed by atoms with E-state index in [-0.39, 0.29) is 0 Å². The van der Waals surface area contributed by atoms with Crippen molar-refractivity contribution in [2.75, 3.05) is 0 Å². The summed E-state index contributed by atoms with van der Waals surface area (Å²) in [6.45, 7) is 2.11. The molecule has 0 nitrogen and oxygen atoms in total. The van der Waals surface area contributed by atoms with Gasteiger partial charge in [0.1, 0.15) is 0 Å². The topological polar surface area (TPSA) is 0 Å². The summed E-state index contributed by atoms with van der Waals surface area (Å²) in [5.41, 5.74) is 3.86. The first kappa shape index (κ1) is 8.06. The van der Waals surface area contributed by atoms with Crippen LogP contribution < -0.4 is 0 Å². The molecule has 1 aliphatic rings. The molecule has 0 spiro atoms. The fourth-order valence-corrected chi connectivity index (χ4v) is 1.42. The first-order valence-corrected chi connectivity index (χ1v) is 4.48. The van der Waals surface area contributed by atoms with Gasteiger partial charge in [0.2, 0.25) is 0 Å². The molecule has 0 atom stereocenters. The normalized spacial score (nSPS) is 17.9. The Balaban J connectivity index is 2.28. The zero-order valence-electron chi connectivity index (χ0n) is 7.70. The lowest BCUT2D eigenvalue weighted by molar-refractivity contribution is 1.56. The number of allylic oxidation sites excluding steroid dienone is 5. The lowest BCUT2D eigenvalue weighted by atomic mass is 10.1. The highest BCUT2D eigenvalue weighted by Crippen LogP contribution is 2.17. The third kappa shape index (κ3) is 1.97. The highest BCUT2D eigenvalue weighted by Gasteiger charge is 1.96. The van der Waals surface area contributed by atoms with E-state index in [0.717, 1.165) is 0 Å². The van der Waals surface area contributed by atoms with Gasteiger partial charge in [-0.2, -0.15) is 0 Å². The molecule has 0 radical (unpaired) electrons. The molecule has 0 aliphatic heterocycles. The number of benzene rings is 1. The number of rotatable bonds is 1. The molecule has 0 amide bonds. The van der Waals surface area contributed by atoms with E-state index in [1.165, 1.54) is 16.7 Å². The first-order valence-electron chi connectivity index (χ1n) is 4.48. The Labute approximate surface area is 78.9 Å². The third-order valence-corrected chi connectivity index (χ3v) is 2.07. The van der Waals surface area contributed by atoms with Gasteiger partial charge in [-0.15, -0.1) is 0 Å². The second kappa shape index (κ2) is 3.44. The molecule has 0 heteroatoms. The second-order valence-corrected chi connectivity index (χ2v) is 3.28. The number of hydrogen-bond donors (Lipinski definition) is 0. The SMILES string of the molecule is CC1=CC(=Cc2ccccc2)C=C1. The van der Waals surface area contributed by atoms with Crippen LogP contribution in [0.3, 0.4) is 0 Å². The van der Waals surface area contributed by atoms with Gasteiger partial charge in [0, 0.05) is 0 Å². The van der Waals surface area contributed by atoms with Crippen LogP contribution >= 0.6 is 0 Å². The molecule has 0 bridgehead atoms. The minimum atomic E-state index is 1.26. The maximum atomic E-state index is 2.19. The van der Waals surface area contributed by atoms with Crippen molar-refractivity contribution >= 4 is 6.08 Å². The van der Waals surface area contributed by atoms with Gasteiger partial charge in [0.25, 0.3) is 0 Å². The van der Waals surface area contributed by atoms with Crippen LogP contribution in [0.4, 0.5) is 0 Å². The lowest BCUT2D eigenvalue weighted by Crippen LogP contribution is -1.71. The highest BCUT2D eigenvalue weighted by molar-refractivity contribution is 5.63. The molecule has 13 heavy (non-hydrogen) atoms. The van der Waals surface area contributed by atoms with Crippen LogP contribution in [0.15, 0.2) is 59.7 Å². The molecule has 1 aliphatic carbocycles. The Bertz CT molecular complexity index is 378. The first-order chi connectivity index (χ1) is 6.34. The fourth-order valence-electron chi connectivity index (χ4n) is 1.42. The van der Waals surface area contributed by atoms with Crippen molar-refractivity contribution in [1.29, 1.82) is 0 Å². The summed E-state index contributed by atoms with van der Waals surface area (Å²) in [6.07, 6.45) is 8.65. The average Bonchev–Trinajstić information content (AvgIpc) is 2.53. The summed E-state index contributed by atoms with van der Waals surface area (Å²) in [5.74, 6) is 0. The summed E-state index contributed by atoms with van der Waals surface area (Å²) < 4.78 is 0. The molecule has 0 saturated carbocycles. The van der Waals surface area contributed by atoms with E-state index >= 15 is 0 Å². The van der Waals surface area contributed by atoms with E-state index in [1.54, 1.807) is 0 Å². The van der Waals surface area contributed by atoms with E-state index in [9.17, 15) is 0 Å². The maximum absolute atomic E-state index is 2.19. The van der Waals surface area contributed by atoms with Crippen molar-refractivity contribution in [3.8, 4) is 0 Å². The van der Waals surface area contributed by atoms with Crippen molar-refractivity contribution in [1.82, 2.24) is 0 Å². The highest BCUT2D eigenvalue weighted by atomic mass is 14.0. The van der Waals surface area contributed by atoms with Gasteiger partial charge in [-0.3, -0.25) is 0 Å². The van der Waals surface area contributed by atoms with E-state index < -0.39 is 0 Å². The molecule has 64 valence electrons. The van der Waals surface area contributed by atoms with E-state index in [2.05, 4.69) is 55.5 Å². The van der Waals surface area contributed by atoms with Crippen molar-refractivity contribution in [3.63, 3.8) is 0 Å². The van der Waals surface area contributed by atoms with Crippen LogP contribution in [0.25, 0.3) is 6.08 Å². The summed E-state index contributed by atoms with van der Waals surface area (Å²) in [5, 5.41) is 0. The van der Waals surface area contributed by atoms with Crippen LogP contribution in [0.2, 0.25) is 0 Å². The lowest BCUT2D eigenvalue weighted by Gasteiger charge is -1.92. The molecule has 1 aromatic rings. The van der Waals surface area contributed by atoms with Gasteiger partial charge >= 0.3 is 0 Å². The van der Waals surface area contributed by atoms with Crippen molar-refractivity contribution in [2.45, 2.75) is 6.92 Å². The predicted octanol–water partition coefficient (Wildman–Crippen LogP) is 3.59. The van der Waals surface area contributed by atoms with Crippen LogP contribution in [0.5, 0.6) is 0 Å².